The molecule has 0 amide bonds. The van der Waals surface area contributed by atoms with Crippen molar-refractivity contribution in [2.24, 2.45) is 0 Å². The van der Waals surface area contributed by atoms with Crippen LogP contribution < -0.4 is 0 Å². The molecule has 0 saturated heterocycles. The lowest BCUT2D eigenvalue weighted by Gasteiger charge is -2.11. The molecule has 1 N–H and O–H groups in total. The largest absolute Gasteiger partial charge is 0.392 e. The van der Waals surface area contributed by atoms with Gasteiger partial charge < -0.3 is 9.67 Å². The van der Waals surface area contributed by atoms with Crippen LogP contribution in [0.3, 0.4) is 0 Å². The van der Waals surface area contributed by atoms with Gasteiger partial charge >= 0.3 is 0 Å². The molecule has 1 heterocycles. The van der Waals surface area contributed by atoms with Crippen LogP contribution in [0.5, 0.6) is 0 Å². The van der Waals surface area contributed by atoms with Gasteiger partial charge in [-0.05, 0) is 36.6 Å². The molecule has 1 unspecified atom stereocenters. The zero-order chi connectivity index (χ0) is 12.6. The number of hydrogen-bond acceptors (Lipinski definition) is 1. The molecule has 2 aromatic rings. The molecule has 2 rings (SSSR count). The van der Waals surface area contributed by atoms with Crippen LogP contribution >= 0.6 is 0 Å². The molecule has 0 bridgehead atoms. The first-order valence-electron chi connectivity index (χ1n) is 5.96. The fourth-order valence-electron chi connectivity index (χ4n) is 2.30. The van der Waals surface area contributed by atoms with Crippen LogP contribution in [0, 0.1) is 5.82 Å². The summed E-state index contributed by atoms with van der Waals surface area (Å²) in [4.78, 5) is 0. The van der Waals surface area contributed by atoms with Gasteiger partial charge in [0.25, 0.3) is 0 Å². The van der Waals surface area contributed by atoms with E-state index >= 15 is 0 Å². The van der Waals surface area contributed by atoms with Crippen molar-refractivity contribution in [1.82, 2.24) is 4.57 Å². The van der Waals surface area contributed by atoms with Crippen LogP contribution in [0.4, 0.5) is 4.39 Å². The molecular formula is C14H18FNO. The van der Waals surface area contributed by atoms with Crippen molar-refractivity contribution in [1.29, 1.82) is 0 Å². The highest BCUT2D eigenvalue weighted by molar-refractivity contribution is 5.84. The van der Waals surface area contributed by atoms with Crippen molar-refractivity contribution in [2.45, 2.75) is 39.3 Å². The van der Waals surface area contributed by atoms with Gasteiger partial charge in [0.05, 0.1) is 6.10 Å². The van der Waals surface area contributed by atoms with Gasteiger partial charge in [0.15, 0.2) is 0 Å². The average Bonchev–Trinajstić information content (AvgIpc) is 2.59. The van der Waals surface area contributed by atoms with Crippen molar-refractivity contribution < 1.29 is 9.50 Å². The van der Waals surface area contributed by atoms with Crippen LogP contribution in [0.1, 0.15) is 32.3 Å². The number of hydrogen-bond donors (Lipinski definition) is 1. The van der Waals surface area contributed by atoms with E-state index in [2.05, 4.69) is 0 Å². The third kappa shape index (κ3) is 2.20. The maximum atomic E-state index is 13.8. The lowest BCUT2D eigenvalue weighted by atomic mass is 9.99. The smallest absolute Gasteiger partial charge is 0.127 e. The fourth-order valence-corrected chi connectivity index (χ4v) is 2.30. The number of aliphatic hydroxyl groups is 1. The second-order valence-corrected chi connectivity index (χ2v) is 4.87. The van der Waals surface area contributed by atoms with Gasteiger partial charge in [-0.1, -0.05) is 13.8 Å². The minimum absolute atomic E-state index is 0.151. The number of nitrogens with zero attached hydrogens (tertiary/aromatic N) is 1. The van der Waals surface area contributed by atoms with E-state index in [0.717, 1.165) is 16.5 Å². The third-order valence-electron chi connectivity index (χ3n) is 2.98. The zero-order valence-corrected chi connectivity index (χ0v) is 10.4. The van der Waals surface area contributed by atoms with E-state index in [9.17, 15) is 9.50 Å². The Kier molecular flexibility index (Phi) is 3.20. The quantitative estimate of drug-likeness (QED) is 0.867. The topological polar surface area (TPSA) is 25.2 Å². The number of fused-ring (bicyclic) bond motifs is 1. The average molecular weight is 235 g/mol. The van der Waals surface area contributed by atoms with Crippen LogP contribution in [-0.4, -0.2) is 15.8 Å². The Bertz CT molecular complexity index is 528. The monoisotopic (exact) mass is 235 g/mol. The lowest BCUT2D eigenvalue weighted by Crippen LogP contribution is -2.10. The van der Waals surface area contributed by atoms with Crippen molar-refractivity contribution in [3.05, 3.63) is 35.8 Å². The van der Waals surface area contributed by atoms with Crippen LogP contribution in [0.2, 0.25) is 0 Å². The summed E-state index contributed by atoms with van der Waals surface area (Å²) in [6.45, 7) is 6.26. The number of halogens is 1. The van der Waals surface area contributed by atoms with Crippen LogP contribution in [0.25, 0.3) is 10.9 Å². The van der Waals surface area contributed by atoms with Gasteiger partial charge in [-0.25, -0.2) is 4.39 Å². The van der Waals surface area contributed by atoms with Gasteiger partial charge in [0.2, 0.25) is 0 Å². The molecule has 0 fully saturated rings. The van der Waals surface area contributed by atoms with E-state index in [1.165, 1.54) is 6.07 Å². The first kappa shape index (κ1) is 12.1. The van der Waals surface area contributed by atoms with Crippen molar-refractivity contribution in [3.63, 3.8) is 0 Å². The van der Waals surface area contributed by atoms with E-state index < -0.39 is 6.10 Å². The maximum absolute atomic E-state index is 13.8. The highest BCUT2D eigenvalue weighted by Crippen LogP contribution is 2.29. The Morgan fingerprint density at radius 1 is 1.24 bits per heavy atom. The Morgan fingerprint density at radius 3 is 2.53 bits per heavy atom. The van der Waals surface area contributed by atoms with Gasteiger partial charge in [0, 0.05) is 23.6 Å². The van der Waals surface area contributed by atoms with Crippen LogP contribution in [-0.2, 0) is 6.54 Å². The van der Waals surface area contributed by atoms with Gasteiger partial charge in [0.1, 0.15) is 5.82 Å². The summed E-state index contributed by atoms with van der Waals surface area (Å²) in [5.74, 6) is 0.00315. The summed E-state index contributed by atoms with van der Waals surface area (Å²) < 4.78 is 15.7. The zero-order valence-electron chi connectivity index (χ0n) is 10.4. The fraction of sp³-hybridized carbons (Fsp3) is 0.429. The van der Waals surface area contributed by atoms with E-state index in [1.54, 1.807) is 13.0 Å². The highest BCUT2D eigenvalue weighted by atomic mass is 19.1. The Morgan fingerprint density at radius 2 is 1.94 bits per heavy atom. The molecule has 0 saturated carbocycles. The first-order valence-corrected chi connectivity index (χ1v) is 5.96. The summed E-state index contributed by atoms with van der Waals surface area (Å²) >= 11 is 0. The normalized spacial score (nSPS) is 13.5. The van der Waals surface area contributed by atoms with E-state index in [4.69, 9.17) is 0 Å². The molecule has 0 aliphatic heterocycles. The van der Waals surface area contributed by atoms with E-state index in [-0.39, 0.29) is 11.7 Å². The molecule has 0 spiro atoms. The van der Waals surface area contributed by atoms with E-state index in [1.807, 2.05) is 30.7 Å². The molecule has 1 atom stereocenters. The van der Waals surface area contributed by atoms with Gasteiger partial charge in [-0.15, -0.1) is 0 Å². The highest BCUT2D eigenvalue weighted by Gasteiger charge is 2.13. The molecule has 1 aromatic heterocycles. The SMILES string of the molecule is CC(O)Cn1ccc2c(C(C)C)c(F)ccc21. The number of aliphatic hydroxyl groups excluding tert-OH is 1. The van der Waals surface area contributed by atoms with Crippen molar-refractivity contribution in [2.75, 3.05) is 0 Å². The van der Waals surface area contributed by atoms with Gasteiger partial charge in [-0.3, -0.25) is 0 Å². The molecule has 0 radical (unpaired) electrons. The minimum Gasteiger partial charge on any atom is -0.392 e. The Balaban J connectivity index is 2.60. The summed E-state index contributed by atoms with van der Waals surface area (Å²) in [5.41, 5.74) is 1.74. The second kappa shape index (κ2) is 4.49. The predicted molar refractivity (Wildman–Crippen MR) is 67.7 cm³/mol. The molecule has 0 aliphatic rings. The second-order valence-electron chi connectivity index (χ2n) is 4.87. The summed E-state index contributed by atoms with van der Waals surface area (Å²) in [6.07, 6.45) is 1.50. The summed E-state index contributed by atoms with van der Waals surface area (Å²) in [6, 6.07) is 5.21. The molecule has 17 heavy (non-hydrogen) atoms. The molecule has 0 aliphatic carbocycles. The molecule has 3 heteroatoms. The standard InChI is InChI=1S/C14H18FNO/c1-9(2)14-11-6-7-16(8-10(3)17)13(11)5-4-12(14)15/h4-7,9-10,17H,8H2,1-3H3. The molecule has 92 valence electrons. The maximum Gasteiger partial charge on any atom is 0.127 e. The number of aromatic nitrogens is 1. The number of benzene rings is 1. The molecular weight excluding hydrogens is 217 g/mol. The summed E-state index contributed by atoms with van der Waals surface area (Å²) in [5, 5.41) is 10.4. The Hall–Kier alpha value is -1.35. The van der Waals surface area contributed by atoms with Gasteiger partial charge in [-0.2, -0.15) is 0 Å². The molecule has 1 aromatic carbocycles. The lowest BCUT2D eigenvalue weighted by molar-refractivity contribution is 0.175. The third-order valence-corrected chi connectivity index (χ3v) is 2.98. The van der Waals surface area contributed by atoms with Crippen LogP contribution in [0.15, 0.2) is 24.4 Å². The molecule has 2 nitrogen and oxygen atoms in total. The van der Waals surface area contributed by atoms with E-state index in [0.29, 0.717) is 6.54 Å². The van der Waals surface area contributed by atoms with Crippen molar-refractivity contribution in [3.8, 4) is 0 Å². The Labute approximate surface area is 101 Å². The predicted octanol–water partition coefficient (Wildman–Crippen LogP) is 3.28. The summed E-state index contributed by atoms with van der Waals surface area (Å²) in [7, 11) is 0. The number of rotatable bonds is 3. The van der Waals surface area contributed by atoms with Crippen molar-refractivity contribution >= 4 is 10.9 Å². The minimum atomic E-state index is -0.404. The first-order chi connectivity index (χ1) is 8.00.